The minimum Gasteiger partial charge on any atom is -0.326 e. The first-order valence-corrected chi connectivity index (χ1v) is 6.63. The largest absolute Gasteiger partial charge is 0.326 e. The fourth-order valence-corrected chi connectivity index (χ4v) is 2.31. The molecule has 17 heavy (non-hydrogen) atoms. The van der Waals surface area contributed by atoms with Gasteiger partial charge >= 0.3 is 0 Å². The van der Waals surface area contributed by atoms with Crippen LogP contribution in [0.3, 0.4) is 0 Å². The van der Waals surface area contributed by atoms with Gasteiger partial charge in [-0.1, -0.05) is 24.6 Å². The smallest absolute Gasteiger partial charge is 0.224 e. The second-order valence-corrected chi connectivity index (χ2v) is 5.41. The third kappa shape index (κ3) is 3.22. The Morgan fingerprint density at radius 3 is 2.76 bits per heavy atom. The number of hydrogen-bond acceptors (Lipinski definition) is 1. The van der Waals surface area contributed by atoms with Crippen LogP contribution in [0.25, 0.3) is 0 Å². The molecule has 1 saturated carbocycles. The summed E-state index contributed by atoms with van der Waals surface area (Å²) in [5, 5.41) is 2.88. The second kappa shape index (κ2) is 5.54. The summed E-state index contributed by atoms with van der Waals surface area (Å²) in [6, 6.07) is 7.72. The predicted molar refractivity (Wildman–Crippen MR) is 71.3 cm³/mol. The summed E-state index contributed by atoms with van der Waals surface area (Å²) in [6.45, 7) is 1.92. The first-order chi connectivity index (χ1) is 8.16. The van der Waals surface area contributed by atoms with E-state index >= 15 is 0 Å². The van der Waals surface area contributed by atoms with Crippen molar-refractivity contribution in [1.82, 2.24) is 0 Å². The van der Waals surface area contributed by atoms with Crippen LogP contribution in [0, 0.1) is 5.92 Å². The molecule has 1 aromatic rings. The molecule has 1 aliphatic rings. The van der Waals surface area contributed by atoms with Crippen LogP contribution in [0.15, 0.2) is 24.3 Å². The van der Waals surface area contributed by atoms with Crippen molar-refractivity contribution in [1.29, 1.82) is 0 Å². The number of alkyl halides is 1. The van der Waals surface area contributed by atoms with Crippen molar-refractivity contribution in [3.63, 3.8) is 0 Å². The summed E-state index contributed by atoms with van der Waals surface area (Å²) in [5.74, 6) is 0.704. The van der Waals surface area contributed by atoms with Gasteiger partial charge < -0.3 is 5.32 Å². The predicted octanol–water partition coefficient (Wildman–Crippen LogP) is 4.12. The van der Waals surface area contributed by atoms with Gasteiger partial charge in [0.1, 0.15) is 0 Å². The van der Waals surface area contributed by atoms with E-state index in [1.54, 1.807) is 0 Å². The SMILES string of the molecule is CC(Cl)c1ccccc1NC(=O)CC1CCC1. The lowest BCUT2D eigenvalue weighted by Crippen LogP contribution is -2.21. The molecule has 0 aromatic heterocycles. The molecule has 2 nitrogen and oxygen atoms in total. The van der Waals surface area contributed by atoms with Gasteiger partial charge in [-0.2, -0.15) is 0 Å². The highest BCUT2D eigenvalue weighted by atomic mass is 35.5. The van der Waals surface area contributed by atoms with Gasteiger partial charge in [0.05, 0.1) is 5.38 Å². The van der Waals surface area contributed by atoms with Crippen molar-refractivity contribution in [2.45, 2.75) is 38.0 Å². The van der Waals surface area contributed by atoms with E-state index in [4.69, 9.17) is 11.6 Å². The maximum atomic E-state index is 11.8. The zero-order valence-electron chi connectivity index (χ0n) is 10.1. The molecule has 1 N–H and O–H groups in total. The molecule has 2 rings (SSSR count). The van der Waals surface area contributed by atoms with E-state index in [9.17, 15) is 4.79 Å². The topological polar surface area (TPSA) is 29.1 Å². The number of para-hydroxylation sites is 1. The number of amides is 1. The van der Waals surface area contributed by atoms with Crippen molar-refractivity contribution in [2.75, 3.05) is 5.32 Å². The summed E-state index contributed by atoms with van der Waals surface area (Å²) < 4.78 is 0. The molecular weight excluding hydrogens is 234 g/mol. The van der Waals surface area contributed by atoms with E-state index < -0.39 is 0 Å². The lowest BCUT2D eigenvalue weighted by Gasteiger charge is -2.24. The lowest BCUT2D eigenvalue weighted by atomic mass is 9.83. The molecule has 1 aliphatic carbocycles. The number of anilines is 1. The zero-order chi connectivity index (χ0) is 12.3. The Kier molecular flexibility index (Phi) is 4.06. The van der Waals surface area contributed by atoms with E-state index in [1.807, 2.05) is 31.2 Å². The number of carbonyl (C=O) groups is 1. The minimum atomic E-state index is -0.0878. The number of rotatable bonds is 4. The third-order valence-corrected chi connectivity index (χ3v) is 3.60. The van der Waals surface area contributed by atoms with Crippen LogP contribution in [-0.2, 0) is 4.79 Å². The van der Waals surface area contributed by atoms with Crippen molar-refractivity contribution in [3.05, 3.63) is 29.8 Å². The maximum Gasteiger partial charge on any atom is 0.224 e. The number of hydrogen-bond donors (Lipinski definition) is 1. The molecule has 0 aliphatic heterocycles. The normalized spacial score (nSPS) is 17.3. The molecule has 0 bridgehead atoms. The molecule has 1 amide bonds. The van der Waals surface area contributed by atoms with Gasteiger partial charge in [-0.15, -0.1) is 11.6 Å². The van der Waals surface area contributed by atoms with Crippen LogP contribution in [0.2, 0.25) is 0 Å². The Bertz CT molecular complexity index is 399. The highest BCUT2D eigenvalue weighted by Crippen LogP contribution is 2.31. The van der Waals surface area contributed by atoms with Crippen LogP contribution < -0.4 is 5.32 Å². The first kappa shape index (κ1) is 12.4. The Labute approximate surface area is 107 Å². The van der Waals surface area contributed by atoms with Crippen molar-refractivity contribution >= 4 is 23.2 Å². The van der Waals surface area contributed by atoms with E-state index in [1.165, 1.54) is 19.3 Å². The van der Waals surface area contributed by atoms with Gasteiger partial charge in [-0.3, -0.25) is 4.79 Å². The van der Waals surface area contributed by atoms with Crippen molar-refractivity contribution in [3.8, 4) is 0 Å². The van der Waals surface area contributed by atoms with Crippen LogP contribution in [0.4, 0.5) is 5.69 Å². The van der Waals surface area contributed by atoms with Gasteiger partial charge in [-0.25, -0.2) is 0 Å². The van der Waals surface area contributed by atoms with Gasteiger partial charge in [-0.05, 0) is 37.3 Å². The summed E-state index contributed by atoms with van der Waals surface area (Å²) in [6.07, 6.45) is 4.31. The van der Waals surface area contributed by atoms with Gasteiger partial charge in [0.15, 0.2) is 0 Å². The molecule has 0 heterocycles. The fraction of sp³-hybridized carbons (Fsp3) is 0.500. The molecular formula is C14H18ClNO. The van der Waals surface area contributed by atoms with Crippen molar-refractivity contribution < 1.29 is 4.79 Å². The molecule has 3 heteroatoms. The maximum absolute atomic E-state index is 11.8. The quantitative estimate of drug-likeness (QED) is 0.802. The van der Waals surface area contributed by atoms with E-state index in [0.29, 0.717) is 12.3 Å². The van der Waals surface area contributed by atoms with Gasteiger partial charge in [0.25, 0.3) is 0 Å². The first-order valence-electron chi connectivity index (χ1n) is 6.19. The molecule has 92 valence electrons. The Morgan fingerprint density at radius 2 is 2.18 bits per heavy atom. The van der Waals surface area contributed by atoms with E-state index in [-0.39, 0.29) is 11.3 Å². The van der Waals surface area contributed by atoms with Crippen molar-refractivity contribution in [2.24, 2.45) is 5.92 Å². The summed E-state index contributed by atoms with van der Waals surface area (Å²) >= 11 is 6.08. The molecule has 0 saturated heterocycles. The monoisotopic (exact) mass is 251 g/mol. The lowest BCUT2D eigenvalue weighted by molar-refractivity contribution is -0.117. The van der Waals surface area contributed by atoms with Crippen LogP contribution in [-0.4, -0.2) is 5.91 Å². The standard InChI is InChI=1S/C14H18ClNO/c1-10(15)12-7-2-3-8-13(12)16-14(17)9-11-5-4-6-11/h2-3,7-8,10-11H,4-6,9H2,1H3,(H,16,17). The number of carbonyl (C=O) groups excluding carboxylic acids is 1. The van der Waals surface area contributed by atoms with E-state index in [2.05, 4.69) is 5.32 Å². The number of benzene rings is 1. The van der Waals surface area contributed by atoms with Crippen LogP contribution in [0.1, 0.15) is 43.5 Å². The summed E-state index contributed by atoms with van der Waals surface area (Å²) in [5.41, 5.74) is 1.83. The Hall–Kier alpha value is -1.02. The molecule has 0 spiro atoms. The molecule has 1 fully saturated rings. The summed E-state index contributed by atoms with van der Waals surface area (Å²) in [4.78, 5) is 11.8. The zero-order valence-corrected chi connectivity index (χ0v) is 10.8. The Morgan fingerprint density at radius 1 is 1.47 bits per heavy atom. The Balaban J connectivity index is 1.99. The molecule has 1 aromatic carbocycles. The second-order valence-electron chi connectivity index (χ2n) is 4.75. The highest BCUT2D eigenvalue weighted by molar-refractivity contribution is 6.21. The minimum absolute atomic E-state index is 0.0878. The third-order valence-electron chi connectivity index (χ3n) is 3.36. The fourth-order valence-electron chi connectivity index (χ4n) is 2.12. The average molecular weight is 252 g/mol. The highest BCUT2D eigenvalue weighted by Gasteiger charge is 2.21. The number of nitrogens with one attached hydrogen (secondary N) is 1. The summed E-state index contributed by atoms with van der Waals surface area (Å²) in [7, 11) is 0. The van der Waals surface area contributed by atoms with Crippen LogP contribution in [0.5, 0.6) is 0 Å². The molecule has 1 atom stereocenters. The van der Waals surface area contributed by atoms with Gasteiger partial charge in [0, 0.05) is 12.1 Å². The average Bonchev–Trinajstić information content (AvgIpc) is 2.24. The van der Waals surface area contributed by atoms with Gasteiger partial charge in [0.2, 0.25) is 5.91 Å². The van der Waals surface area contributed by atoms with Crippen LogP contribution >= 0.6 is 11.6 Å². The van der Waals surface area contributed by atoms with E-state index in [0.717, 1.165) is 11.3 Å². The number of halogens is 1. The molecule has 0 radical (unpaired) electrons. The molecule has 1 unspecified atom stereocenters.